The van der Waals surface area contributed by atoms with E-state index in [1.165, 1.54) is 21.2 Å². The van der Waals surface area contributed by atoms with Gasteiger partial charge in [-0.3, -0.25) is 13.8 Å². The molecule has 0 aliphatic rings. The summed E-state index contributed by atoms with van der Waals surface area (Å²) in [5.74, 6) is -1.18. The van der Waals surface area contributed by atoms with Crippen LogP contribution in [0.1, 0.15) is 11.1 Å². The first kappa shape index (κ1) is 16.8. The summed E-state index contributed by atoms with van der Waals surface area (Å²) in [4.78, 5) is 12.0. The van der Waals surface area contributed by atoms with E-state index in [-0.39, 0.29) is 11.3 Å². The smallest absolute Gasteiger partial charge is 0.261 e. The summed E-state index contributed by atoms with van der Waals surface area (Å²) in [6.45, 7) is 1.88. The molecule has 2 heterocycles. The van der Waals surface area contributed by atoms with E-state index < -0.39 is 24.3 Å². The number of rotatable bonds is 1. The van der Waals surface area contributed by atoms with Crippen molar-refractivity contribution in [1.29, 1.82) is 0 Å². The Balaban J connectivity index is 0.000000595. The maximum atomic E-state index is 14.2. The third-order valence-corrected chi connectivity index (χ3v) is 3.45. The molecule has 0 saturated carbocycles. The molecule has 0 radical (unpaired) electrons. The van der Waals surface area contributed by atoms with Gasteiger partial charge in [0.25, 0.3) is 5.56 Å². The predicted octanol–water partition coefficient (Wildman–Crippen LogP) is 3.87. The standard InChI is InChI=1S/C15H12F2N2O.CH2F2/c1-9-6-11(16)12(7-10(9)2)19-14-4-3-5-18(14)13(17)8-15(19)20;2-1-3/h3-8H,1-2H3;1H2. The van der Waals surface area contributed by atoms with E-state index in [0.29, 0.717) is 0 Å². The van der Waals surface area contributed by atoms with Gasteiger partial charge in [0.1, 0.15) is 11.5 Å². The van der Waals surface area contributed by atoms with Gasteiger partial charge in [-0.25, -0.2) is 13.2 Å². The van der Waals surface area contributed by atoms with E-state index in [9.17, 15) is 22.4 Å². The third-order valence-electron chi connectivity index (χ3n) is 3.45. The average Bonchev–Trinajstić information content (AvgIpc) is 2.95. The lowest BCUT2D eigenvalue weighted by atomic mass is 10.1. The first-order valence-electron chi connectivity index (χ1n) is 6.68. The molecular formula is C16H14F4N2O. The molecule has 0 bridgehead atoms. The molecule has 3 nitrogen and oxygen atoms in total. The highest BCUT2D eigenvalue weighted by Crippen LogP contribution is 2.20. The zero-order chi connectivity index (χ0) is 17.1. The van der Waals surface area contributed by atoms with Gasteiger partial charge in [-0.2, -0.15) is 4.39 Å². The molecule has 0 saturated heterocycles. The molecule has 0 atom stereocenters. The summed E-state index contributed by atoms with van der Waals surface area (Å²) in [5, 5.41) is 0. The van der Waals surface area contributed by atoms with E-state index in [1.54, 1.807) is 25.1 Å². The average molecular weight is 326 g/mol. The lowest BCUT2D eigenvalue weighted by Crippen LogP contribution is -2.22. The zero-order valence-electron chi connectivity index (χ0n) is 12.5. The summed E-state index contributed by atoms with van der Waals surface area (Å²) >= 11 is 0. The summed E-state index contributed by atoms with van der Waals surface area (Å²) in [7, 11) is 0. The maximum absolute atomic E-state index is 14.2. The summed E-state index contributed by atoms with van der Waals surface area (Å²) in [6.07, 6.45) is 1.49. The fourth-order valence-electron chi connectivity index (χ4n) is 2.26. The van der Waals surface area contributed by atoms with Crippen LogP contribution >= 0.6 is 0 Å². The van der Waals surface area contributed by atoms with Crippen LogP contribution in [-0.4, -0.2) is 15.9 Å². The molecule has 7 heteroatoms. The van der Waals surface area contributed by atoms with Crippen LogP contribution in [0.2, 0.25) is 0 Å². The van der Waals surface area contributed by atoms with Crippen LogP contribution in [0.25, 0.3) is 11.3 Å². The topological polar surface area (TPSA) is 26.4 Å². The molecule has 2 aromatic heterocycles. The fourth-order valence-corrected chi connectivity index (χ4v) is 2.26. The fraction of sp³-hybridized carbons (Fsp3) is 0.188. The van der Waals surface area contributed by atoms with Crippen LogP contribution < -0.4 is 5.56 Å². The lowest BCUT2D eigenvalue weighted by Gasteiger charge is -2.12. The Kier molecular flexibility index (Phi) is 4.88. The summed E-state index contributed by atoms with van der Waals surface area (Å²) in [6, 6.07) is 6.99. The monoisotopic (exact) mass is 326 g/mol. The predicted molar refractivity (Wildman–Crippen MR) is 79.5 cm³/mol. The number of alkyl halides is 2. The van der Waals surface area contributed by atoms with E-state index in [2.05, 4.69) is 0 Å². The largest absolute Gasteiger partial charge is 0.279 e. The van der Waals surface area contributed by atoms with Crippen molar-refractivity contribution in [2.45, 2.75) is 13.8 Å². The van der Waals surface area contributed by atoms with Crippen molar-refractivity contribution >= 4 is 5.65 Å². The first-order chi connectivity index (χ1) is 10.9. The summed E-state index contributed by atoms with van der Waals surface area (Å²) in [5.41, 5.74) is 1.48. The first-order valence-corrected chi connectivity index (χ1v) is 6.68. The van der Waals surface area contributed by atoms with Crippen molar-refractivity contribution in [3.63, 3.8) is 0 Å². The highest BCUT2D eigenvalue weighted by Gasteiger charge is 2.14. The van der Waals surface area contributed by atoms with Crippen molar-refractivity contribution in [3.8, 4) is 5.69 Å². The molecule has 0 fully saturated rings. The van der Waals surface area contributed by atoms with E-state index in [4.69, 9.17) is 0 Å². The number of benzene rings is 1. The molecule has 23 heavy (non-hydrogen) atoms. The molecule has 122 valence electrons. The van der Waals surface area contributed by atoms with Crippen LogP contribution in [0.3, 0.4) is 0 Å². The van der Waals surface area contributed by atoms with Gasteiger partial charge in [-0.1, -0.05) is 0 Å². The Morgan fingerprint density at radius 3 is 2.30 bits per heavy atom. The second-order valence-corrected chi connectivity index (χ2v) is 4.87. The van der Waals surface area contributed by atoms with E-state index in [1.807, 2.05) is 6.92 Å². The second kappa shape index (κ2) is 6.68. The quantitative estimate of drug-likeness (QED) is 0.492. The van der Waals surface area contributed by atoms with Gasteiger partial charge in [0.15, 0.2) is 0 Å². The van der Waals surface area contributed by atoms with Crippen molar-refractivity contribution in [2.24, 2.45) is 0 Å². The van der Waals surface area contributed by atoms with Crippen molar-refractivity contribution < 1.29 is 17.6 Å². The van der Waals surface area contributed by atoms with Crippen LogP contribution in [-0.2, 0) is 0 Å². The van der Waals surface area contributed by atoms with Gasteiger partial charge in [0.2, 0.25) is 12.9 Å². The molecule has 0 N–H and O–H groups in total. The molecule has 3 rings (SSSR count). The van der Waals surface area contributed by atoms with Gasteiger partial charge in [-0.15, -0.1) is 0 Å². The van der Waals surface area contributed by atoms with E-state index >= 15 is 0 Å². The van der Waals surface area contributed by atoms with Gasteiger partial charge in [0, 0.05) is 6.20 Å². The Hall–Kier alpha value is -2.57. The molecular weight excluding hydrogens is 312 g/mol. The minimum absolute atomic E-state index is 0.127. The normalized spacial score (nSPS) is 10.5. The number of fused-ring (bicyclic) bond motifs is 1. The number of aromatic nitrogens is 2. The van der Waals surface area contributed by atoms with Crippen LogP contribution in [0, 0.1) is 25.6 Å². The number of nitrogens with zero attached hydrogens (tertiary/aromatic N) is 2. The van der Waals surface area contributed by atoms with Gasteiger partial charge >= 0.3 is 0 Å². The maximum Gasteiger partial charge on any atom is 0.261 e. The zero-order valence-corrected chi connectivity index (χ0v) is 12.5. The molecule has 0 spiro atoms. The Morgan fingerprint density at radius 1 is 1.04 bits per heavy atom. The number of halogens is 4. The van der Waals surface area contributed by atoms with E-state index in [0.717, 1.165) is 17.2 Å². The molecule has 0 aliphatic carbocycles. The van der Waals surface area contributed by atoms with Crippen LogP contribution in [0.4, 0.5) is 17.6 Å². The second-order valence-electron chi connectivity index (χ2n) is 4.87. The van der Waals surface area contributed by atoms with Crippen molar-refractivity contribution in [3.05, 3.63) is 69.8 Å². The molecule has 0 unspecified atom stereocenters. The SMILES string of the molecule is Cc1cc(F)c(-n2c(=O)cc(F)n3cccc23)cc1C.FCF. The van der Waals surface area contributed by atoms with Crippen LogP contribution in [0.15, 0.2) is 41.3 Å². The Labute approximate surface area is 129 Å². The van der Waals surface area contributed by atoms with Gasteiger partial charge in [0.05, 0.1) is 11.8 Å². The van der Waals surface area contributed by atoms with Crippen molar-refractivity contribution in [2.75, 3.05) is 6.93 Å². The Bertz CT molecular complexity index is 899. The Morgan fingerprint density at radius 2 is 1.65 bits per heavy atom. The molecule has 1 aromatic carbocycles. The number of hydrogen-bond acceptors (Lipinski definition) is 1. The van der Waals surface area contributed by atoms with Crippen LogP contribution in [0.5, 0.6) is 0 Å². The highest BCUT2D eigenvalue weighted by molar-refractivity contribution is 5.51. The molecule has 0 aliphatic heterocycles. The number of hydrogen-bond donors (Lipinski definition) is 0. The molecule has 0 amide bonds. The minimum Gasteiger partial charge on any atom is -0.279 e. The minimum atomic E-state index is -1.75. The third kappa shape index (κ3) is 3.13. The van der Waals surface area contributed by atoms with Gasteiger partial charge < -0.3 is 0 Å². The highest BCUT2D eigenvalue weighted by atomic mass is 19.3. The van der Waals surface area contributed by atoms with Gasteiger partial charge in [-0.05, 0) is 49.2 Å². The lowest BCUT2D eigenvalue weighted by molar-refractivity contribution is 0.295. The summed E-state index contributed by atoms with van der Waals surface area (Å²) < 4.78 is 49.5. The van der Waals surface area contributed by atoms with Crippen molar-refractivity contribution in [1.82, 2.24) is 8.97 Å². The number of aryl methyl sites for hydroxylation is 2. The molecule has 3 aromatic rings.